The van der Waals surface area contributed by atoms with E-state index in [-0.39, 0.29) is 5.91 Å². The maximum atomic E-state index is 12.7. The van der Waals surface area contributed by atoms with Crippen molar-refractivity contribution in [3.63, 3.8) is 0 Å². The molecule has 2 aromatic carbocycles. The minimum atomic E-state index is 0.272. The number of rotatable bonds is 5. The van der Waals surface area contributed by atoms with E-state index in [1.54, 1.807) is 11.8 Å². The van der Waals surface area contributed by atoms with Gasteiger partial charge in [0.25, 0.3) is 0 Å². The van der Waals surface area contributed by atoms with E-state index in [2.05, 4.69) is 74.0 Å². The average Bonchev–Trinajstić information content (AvgIpc) is 3.07. The van der Waals surface area contributed by atoms with Crippen molar-refractivity contribution in [1.82, 2.24) is 9.47 Å². The minimum absolute atomic E-state index is 0.272. The third kappa shape index (κ3) is 4.53. The van der Waals surface area contributed by atoms with E-state index in [0.717, 1.165) is 38.4 Å². The normalized spacial score (nSPS) is 15.2. The Morgan fingerprint density at radius 1 is 1.10 bits per heavy atom. The number of aryl methyl sites for hydroxylation is 2. The predicted molar refractivity (Wildman–Crippen MR) is 123 cm³/mol. The van der Waals surface area contributed by atoms with E-state index >= 15 is 0 Å². The zero-order valence-corrected chi connectivity index (χ0v) is 18.5. The predicted octanol–water partition coefficient (Wildman–Crippen LogP) is 5.66. The van der Waals surface area contributed by atoms with Crippen LogP contribution in [0.25, 0.3) is 10.9 Å². The van der Waals surface area contributed by atoms with Crippen molar-refractivity contribution in [2.24, 2.45) is 5.92 Å². The van der Waals surface area contributed by atoms with Crippen LogP contribution in [0.15, 0.2) is 53.6 Å². The molecule has 0 bridgehead atoms. The molecule has 0 saturated carbocycles. The number of hydrogen-bond acceptors (Lipinski definition) is 2. The third-order valence-corrected chi connectivity index (χ3v) is 7.11. The summed E-state index contributed by atoms with van der Waals surface area (Å²) in [6.45, 7) is 9.27. The summed E-state index contributed by atoms with van der Waals surface area (Å²) >= 11 is 1.68. The summed E-state index contributed by atoms with van der Waals surface area (Å²) in [5.74, 6) is 1.54. The summed E-state index contributed by atoms with van der Waals surface area (Å²) in [6, 6.07) is 15.2. The first-order chi connectivity index (χ1) is 14.0. The molecule has 1 aliphatic rings. The SMILES string of the molecule is Cc1ccc(C)c(Cn2cc(SCC(=O)N3CCC(C)CC3)c3ccccc32)c1. The quantitative estimate of drug-likeness (QED) is 0.511. The monoisotopic (exact) mass is 406 g/mol. The number of nitrogens with zero attached hydrogens (tertiary/aromatic N) is 2. The van der Waals surface area contributed by atoms with Gasteiger partial charge in [-0.15, -0.1) is 11.8 Å². The smallest absolute Gasteiger partial charge is 0.232 e. The number of carbonyl (C=O) groups is 1. The van der Waals surface area contributed by atoms with E-state index in [1.807, 2.05) is 4.90 Å². The lowest BCUT2D eigenvalue weighted by Gasteiger charge is -2.30. The zero-order valence-electron chi connectivity index (χ0n) is 17.6. The summed E-state index contributed by atoms with van der Waals surface area (Å²) in [6.07, 6.45) is 4.49. The van der Waals surface area contributed by atoms with Gasteiger partial charge in [-0.2, -0.15) is 0 Å². The van der Waals surface area contributed by atoms with E-state index in [9.17, 15) is 4.79 Å². The highest BCUT2D eigenvalue weighted by molar-refractivity contribution is 8.00. The second-order valence-electron chi connectivity index (χ2n) is 8.42. The molecule has 1 aromatic heterocycles. The summed E-state index contributed by atoms with van der Waals surface area (Å²) in [5.41, 5.74) is 5.19. The van der Waals surface area contributed by atoms with Gasteiger partial charge in [0.1, 0.15) is 0 Å². The maximum absolute atomic E-state index is 12.7. The highest BCUT2D eigenvalue weighted by Gasteiger charge is 2.21. The Bertz CT molecular complexity index is 1010. The molecule has 3 nitrogen and oxygen atoms in total. The number of fused-ring (bicyclic) bond motifs is 1. The molecule has 152 valence electrons. The molecule has 4 heteroatoms. The summed E-state index contributed by atoms with van der Waals surface area (Å²) in [5, 5.41) is 1.24. The van der Waals surface area contributed by atoms with E-state index in [0.29, 0.717) is 5.75 Å². The van der Waals surface area contributed by atoms with Gasteiger partial charge in [0, 0.05) is 41.6 Å². The van der Waals surface area contributed by atoms with Crippen LogP contribution in [0, 0.1) is 19.8 Å². The molecule has 1 amide bonds. The van der Waals surface area contributed by atoms with Crippen LogP contribution in [-0.2, 0) is 11.3 Å². The fourth-order valence-electron chi connectivity index (χ4n) is 4.10. The lowest BCUT2D eigenvalue weighted by atomic mass is 9.99. The van der Waals surface area contributed by atoms with Crippen molar-refractivity contribution in [1.29, 1.82) is 0 Å². The first kappa shape index (κ1) is 20.1. The number of piperidine rings is 1. The Kier molecular flexibility index (Phi) is 6.00. The second kappa shape index (κ2) is 8.66. The first-order valence-electron chi connectivity index (χ1n) is 10.6. The molecule has 2 heterocycles. The van der Waals surface area contributed by atoms with Crippen molar-refractivity contribution < 1.29 is 4.79 Å². The molecule has 0 aliphatic carbocycles. The number of benzene rings is 2. The van der Waals surface area contributed by atoms with Gasteiger partial charge in [-0.3, -0.25) is 4.79 Å². The number of thioether (sulfide) groups is 1. The molecule has 0 spiro atoms. The molecule has 3 aromatic rings. The van der Waals surface area contributed by atoms with Gasteiger partial charge >= 0.3 is 0 Å². The number of likely N-dealkylation sites (tertiary alicyclic amines) is 1. The Hall–Kier alpha value is -2.20. The maximum Gasteiger partial charge on any atom is 0.232 e. The van der Waals surface area contributed by atoms with Crippen LogP contribution in [0.3, 0.4) is 0 Å². The lowest BCUT2D eigenvalue weighted by molar-refractivity contribution is -0.129. The average molecular weight is 407 g/mol. The van der Waals surface area contributed by atoms with Crippen LogP contribution in [0.2, 0.25) is 0 Å². The van der Waals surface area contributed by atoms with Crippen molar-refractivity contribution in [2.45, 2.75) is 45.1 Å². The molecule has 0 atom stereocenters. The number of aromatic nitrogens is 1. The van der Waals surface area contributed by atoms with Crippen molar-refractivity contribution in [2.75, 3.05) is 18.8 Å². The second-order valence-corrected chi connectivity index (χ2v) is 9.44. The third-order valence-electron chi connectivity index (χ3n) is 6.08. The number of para-hydroxylation sites is 1. The lowest BCUT2D eigenvalue weighted by Crippen LogP contribution is -2.38. The standard InChI is InChI=1S/C25H30N2OS/c1-18-10-12-26(13-11-18)25(28)17-29-24-16-27(23-7-5-4-6-22(23)24)15-21-14-19(2)8-9-20(21)3/h4-9,14,16,18H,10-13,15,17H2,1-3H3. The Labute approximate surface area is 178 Å². The van der Waals surface area contributed by atoms with Crippen LogP contribution in [0.4, 0.5) is 0 Å². The largest absolute Gasteiger partial charge is 0.342 e. The van der Waals surface area contributed by atoms with Crippen molar-refractivity contribution in [3.8, 4) is 0 Å². The van der Waals surface area contributed by atoms with Crippen LogP contribution in [0.5, 0.6) is 0 Å². The Morgan fingerprint density at radius 3 is 2.66 bits per heavy atom. The molecule has 1 saturated heterocycles. The first-order valence-corrected chi connectivity index (χ1v) is 11.5. The molecule has 4 rings (SSSR count). The highest BCUT2D eigenvalue weighted by Crippen LogP contribution is 2.31. The van der Waals surface area contributed by atoms with Crippen LogP contribution in [0.1, 0.15) is 36.5 Å². The van der Waals surface area contributed by atoms with Crippen molar-refractivity contribution in [3.05, 3.63) is 65.4 Å². The molecule has 1 fully saturated rings. The topological polar surface area (TPSA) is 25.2 Å². The Balaban J connectivity index is 1.53. The molecular formula is C25H30N2OS. The molecule has 29 heavy (non-hydrogen) atoms. The van der Waals surface area contributed by atoms with Gasteiger partial charge in [0.05, 0.1) is 5.75 Å². The molecule has 0 N–H and O–H groups in total. The Morgan fingerprint density at radius 2 is 1.86 bits per heavy atom. The van der Waals surface area contributed by atoms with Crippen LogP contribution < -0.4 is 0 Å². The number of amides is 1. The summed E-state index contributed by atoms with van der Waals surface area (Å²) < 4.78 is 2.33. The van der Waals surface area contributed by atoms with Crippen molar-refractivity contribution >= 4 is 28.6 Å². The highest BCUT2D eigenvalue weighted by atomic mass is 32.2. The van der Waals surface area contributed by atoms with E-state index in [4.69, 9.17) is 0 Å². The summed E-state index contributed by atoms with van der Waals surface area (Å²) in [4.78, 5) is 15.9. The summed E-state index contributed by atoms with van der Waals surface area (Å²) in [7, 11) is 0. The number of carbonyl (C=O) groups excluding carboxylic acids is 1. The van der Waals surface area contributed by atoms with E-state index < -0.39 is 0 Å². The van der Waals surface area contributed by atoms with Gasteiger partial charge in [-0.25, -0.2) is 0 Å². The van der Waals surface area contributed by atoms with Gasteiger partial charge in [0.2, 0.25) is 5.91 Å². The molecular weight excluding hydrogens is 376 g/mol. The molecule has 1 aliphatic heterocycles. The van der Waals surface area contributed by atoms with Gasteiger partial charge < -0.3 is 9.47 Å². The zero-order chi connectivity index (χ0) is 20.4. The fourth-order valence-corrected chi connectivity index (χ4v) is 5.09. The van der Waals surface area contributed by atoms with Gasteiger partial charge in [-0.1, -0.05) is 48.9 Å². The fraction of sp³-hybridized carbons (Fsp3) is 0.400. The molecule has 0 radical (unpaired) electrons. The van der Waals surface area contributed by atoms with E-state index in [1.165, 1.54) is 32.5 Å². The van der Waals surface area contributed by atoms with Crippen LogP contribution in [-0.4, -0.2) is 34.2 Å². The number of hydrogen-bond donors (Lipinski definition) is 0. The van der Waals surface area contributed by atoms with Crippen LogP contribution >= 0.6 is 11.8 Å². The van der Waals surface area contributed by atoms with Gasteiger partial charge in [0.15, 0.2) is 0 Å². The van der Waals surface area contributed by atoms with Gasteiger partial charge in [-0.05, 0) is 49.8 Å². The minimum Gasteiger partial charge on any atom is -0.342 e. The molecule has 0 unspecified atom stereocenters.